The molecule has 0 amide bonds. The zero-order valence-electron chi connectivity index (χ0n) is 11.1. The van der Waals surface area contributed by atoms with Crippen LogP contribution in [0.3, 0.4) is 0 Å². The Morgan fingerprint density at radius 3 is 2.40 bits per heavy atom. The topological polar surface area (TPSA) is 12.0 Å². The van der Waals surface area contributed by atoms with Crippen molar-refractivity contribution in [1.29, 1.82) is 0 Å². The molecule has 1 N–H and O–H groups in total. The van der Waals surface area contributed by atoms with Gasteiger partial charge in [0.2, 0.25) is 0 Å². The van der Waals surface area contributed by atoms with Gasteiger partial charge in [0.15, 0.2) is 0 Å². The number of hydrogen-bond donors (Lipinski definition) is 1. The van der Waals surface area contributed by atoms with E-state index in [9.17, 15) is 13.2 Å². The minimum atomic E-state index is -2.96. The fourth-order valence-corrected chi connectivity index (χ4v) is 1.96. The Kier molecular flexibility index (Phi) is 4.45. The zero-order valence-corrected chi connectivity index (χ0v) is 11.1. The van der Waals surface area contributed by atoms with Crippen LogP contribution in [-0.2, 0) is 5.92 Å². The minimum absolute atomic E-state index is 0.0288. The Morgan fingerprint density at radius 1 is 1.05 bits per heavy atom. The molecule has 4 heteroatoms. The lowest BCUT2D eigenvalue weighted by molar-refractivity contribution is -0.00534. The fraction of sp³-hybridized carbons (Fsp3) is 0.250. The Balaban J connectivity index is 2.01. The van der Waals surface area contributed by atoms with E-state index in [1.807, 2.05) is 0 Å². The summed E-state index contributed by atoms with van der Waals surface area (Å²) >= 11 is 0. The summed E-state index contributed by atoms with van der Waals surface area (Å²) in [7, 11) is 0. The van der Waals surface area contributed by atoms with E-state index in [0.29, 0.717) is 5.56 Å². The molecule has 1 atom stereocenters. The van der Waals surface area contributed by atoms with Crippen molar-refractivity contribution in [1.82, 2.24) is 5.32 Å². The van der Waals surface area contributed by atoms with E-state index in [0.717, 1.165) is 0 Å². The number of nitrogens with one attached hydrogen (secondary N) is 1. The first-order valence-corrected chi connectivity index (χ1v) is 6.41. The van der Waals surface area contributed by atoms with E-state index in [-0.39, 0.29) is 17.4 Å². The van der Waals surface area contributed by atoms with Crippen LogP contribution in [-0.4, -0.2) is 6.54 Å². The van der Waals surface area contributed by atoms with E-state index in [1.54, 1.807) is 37.3 Å². The van der Waals surface area contributed by atoms with Crippen molar-refractivity contribution in [2.45, 2.75) is 18.9 Å². The summed E-state index contributed by atoms with van der Waals surface area (Å²) in [5.41, 5.74) is 0.618. The van der Waals surface area contributed by atoms with Crippen molar-refractivity contribution in [2.75, 3.05) is 6.54 Å². The lowest BCUT2D eigenvalue weighted by Crippen LogP contribution is -2.32. The third-order valence-corrected chi connectivity index (χ3v) is 3.18. The van der Waals surface area contributed by atoms with Gasteiger partial charge in [-0.2, -0.15) is 8.78 Å². The van der Waals surface area contributed by atoms with Gasteiger partial charge in [-0.1, -0.05) is 42.5 Å². The molecule has 2 rings (SSSR count). The molecule has 0 radical (unpaired) electrons. The molecule has 0 fully saturated rings. The van der Waals surface area contributed by atoms with E-state index in [1.165, 1.54) is 24.3 Å². The van der Waals surface area contributed by atoms with E-state index >= 15 is 0 Å². The Hall–Kier alpha value is -1.81. The molecular weight excluding hydrogens is 263 g/mol. The van der Waals surface area contributed by atoms with Gasteiger partial charge in [0.25, 0.3) is 5.92 Å². The number of halogens is 3. The van der Waals surface area contributed by atoms with Crippen LogP contribution < -0.4 is 5.32 Å². The molecule has 2 aromatic rings. The summed E-state index contributed by atoms with van der Waals surface area (Å²) in [4.78, 5) is 0. The fourth-order valence-electron chi connectivity index (χ4n) is 1.96. The Morgan fingerprint density at radius 2 is 1.75 bits per heavy atom. The second-order valence-corrected chi connectivity index (χ2v) is 4.73. The number of alkyl halides is 2. The Bertz CT molecular complexity index is 555. The molecule has 0 aromatic heterocycles. The third kappa shape index (κ3) is 3.61. The van der Waals surface area contributed by atoms with Gasteiger partial charge in [0.1, 0.15) is 5.82 Å². The lowest BCUT2D eigenvalue weighted by Gasteiger charge is -2.21. The monoisotopic (exact) mass is 279 g/mol. The standard InChI is InChI=1S/C16H16F3N/c1-12(13-6-5-9-15(17)10-13)20-11-16(18,19)14-7-3-2-4-8-14/h2-10,12,20H,11H2,1H3/t12-/m0/s1. The normalized spacial score (nSPS) is 13.2. The van der Waals surface area contributed by atoms with E-state index in [2.05, 4.69) is 5.32 Å². The molecule has 0 aliphatic heterocycles. The zero-order chi connectivity index (χ0) is 14.6. The highest BCUT2D eigenvalue weighted by Crippen LogP contribution is 2.27. The summed E-state index contributed by atoms with van der Waals surface area (Å²) in [5.74, 6) is -3.32. The average molecular weight is 279 g/mol. The molecule has 0 aliphatic rings. The van der Waals surface area contributed by atoms with Gasteiger partial charge in [-0.25, -0.2) is 4.39 Å². The molecule has 20 heavy (non-hydrogen) atoms. The van der Waals surface area contributed by atoms with Crippen molar-refractivity contribution in [3.8, 4) is 0 Å². The van der Waals surface area contributed by atoms with Crippen molar-refractivity contribution in [3.05, 3.63) is 71.5 Å². The molecule has 0 bridgehead atoms. The Labute approximate surface area is 116 Å². The summed E-state index contributed by atoms with van der Waals surface area (Å²) in [6.45, 7) is 1.24. The maximum Gasteiger partial charge on any atom is 0.285 e. The van der Waals surface area contributed by atoms with Crippen molar-refractivity contribution >= 4 is 0 Å². The highest BCUT2D eigenvalue weighted by Gasteiger charge is 2.31. The van der Waals surface area contributed by atoms with E-state index in [4.69, 9.17) is 0 Å². The van der Waals surface area contributed by atoms with Crippen LogP contribution >= 0.6 is 0 Å². The molecule has 0 heterocycles. The van der Waals surface area contributed by atoms with Gasteiger partial charge >= 0.3 is 0 Å². The molecule has 0 saturated carbocycles. The van der Waals surface area contributed by atoms with Crippen LogP contribution in [0.4, 0.5) is 13.2 Å². The smallest absolute Gasteiger partial charge is 0.285 e. The second-order valence-electron chi connectivity index (χ2n) is 4.73. The van der Waals surface area contributed by atoms with Gasteiger partial charge in [-0.3, -0.25) is 0 Å². The first kappa shape index (κ1) is 14.6. The summed E-state index contributed by atoms with van der Waals surface area (Å²) < 4.78 is 41.0. The molecule has 0 spiro atoms. The van der Waals surface area contributed by atoms with Gasteiger partial charge < -0.3 is 5.32 Å². The second kappa shape index (κ2) is 6.09. The first-order chi connectivity index (χ1) is 9.49. The molecule has 0 unspecified atom stereocenters. The summed E-state index contributed by atoms with van der Waals surface area (Å²) in [6, 6.07) is 13.3. The number of hydrogen-bond acceptors (Lipinski definition) is 1. The molecule has 2 aromatic carbocycles. The highest BCUT2D eigenvalue weighted by molar-refractivity contribution is 5.22. The SMILES string of the molecule is C[C@H](NCC(F)(F)c1ccccc1)c1cccc(F)c1. The quantitative estimate of drug-likeness (QED) is 0.862. The maximum atomic E-state index is 14.0. The predicted molar refractivity (Wildman–Crippen MR) is 73.2 cm³/mol. The molecule has 106 valence electrons. The van der Waals surface area contributed by atoms with Gasteiger partial charge in [0, 0.05) is 11.6 Å². The average Bonchev–Trinajstić information content (AvgIpc) is 2.46. The highest BCUT2D eigenvalue weighted by atomic mass is 19.3. The van der Waals surface area contributed by atoms with Gasteiger partial charge in [0.05, 0.1) is 6.54 Å². The van der Waals surface area contributed by atoms with Crippen molar-refractivity contribution < 1.29 is 13.2 Å². The van der Waals surface area contributed by atoms with E-state index < -0.39 is 12.5 Å². The van der Waals surface area contributed by atoms with Crippen LogP contribution in [0.25, 0.3) is 0 Å². The van der Waals surface area contributed by atoms with Crippen molar-refractivity contribution in [3.63, 3.8) is 0 Å². The maximum absolute atomic E-state index is 14.0. The number of benzene rings is 2. The van der Waals surface area contributed by atoms with Gasteiger partial charge in [-0.05, 0) is 24.6 Å². The first-order valence-electron chi connectivity index (χ1n) is 6.41. The lowest BCUT2D eigenvalue weighted by atomic mass is 10.1. The van der Waals surface area contributed by atoms with Crippen LogP contribution in [0.1, 0.15) is 24.1 Å². The predicted octanol–water partition coefficient (Wildman–Crippen LogP) is 4.27. The molecular formula is C16H16F3N. The third-order valence-electron chi connectivity index (χ3n) is 3.18. The van der Waals surface area contributed by atoms with Crippen LogP contribution in [0.2, 0.25) is 0 Å². The minimum Gasteiger partial charge on any atom is -0.304 e. The van der Waals surface area contributed by atoms with Crippen molar-refractivity contribution in [2.24, 2.45) is 0 Å². The largest absolute Gasteiger partial charge is 0.304 e. The van der Waals surface area contributed by atoms with Crippen LogP contribution in [0, 0.1) is 5.82 Å². The number of rotatable bonds is 5. The van der Waals surface area contributed by atoms with Crippen LogP contribution in [0.15, 0.2) is 54.6 Å². The molecule has 0 saturated heterocycles. The summed E-state index contributed by atoms with van der Waals surface area (Å²) in [6.07, 6.45) is 0. The molecule has 1 nitrogen and oxygen atoms in total. The summed E-state index contributed by atoms with van der Waals surface area (Å²) in [5, 5.41) is 2.75. The van der Waals surface area contributed by atoms with Crippen LogP contribution in [0.5, 0.6) is 0 Å². The molecule has 0 aliphatic carbocycles. The van der Waals surface area contributed by atoms with Gasteiger partial charge in [-0.15, -0.1) is 0 Å².